The van der Waals surface area contributed by atoms with Crippen molar-refractivity contribution in [1.82, 2.24) is 15.0 Å². The number of hydrogen-bond donors (Lipinski definition) is 2. The van der Waals surface area contributed by atoms with E-state index in [4.69, 9.17) is 11.6 Å². The van der Waals surface area contributed by atoms with Gasteiger partial charge in [0.25, 0.3) is 6.43 Å². The minimum atomic E-state index is -2.91. The van der Waals surface area contributed by atoms with E-state index >= 15 is 0 Å². The summed E-state index contributed by atoms with van der Waals surface area (Å²) in [6, 6.07) is 7.76. The first kappa shape index (κ1) is 24.9. The number of nitrogens with one attached hydrogen (secondary N) is 1. The first-order valence-electron chi connectivity index (χ1n) is 10.9. The topological polar surface area (TPSA) is 70.9 Å². The number of halogens is 4. The molecule has 1 atom stereocenters. The van der Waals surface area contributed by atoms with Crippen LogP contribution in [0.5, 0.6) is 0 Å². The van der Waals surface area contributed by atoms with Crippen molar-refractivity contribution in [3.05, 3.63) is 82.3 Å². The first-order valence-corrected chi connectivity index (χ1v) is 11.3. The first-order chi connectivity index (χ1) is 16.5. The van der Waals surface area contributed by atoms with E-state index in [1.807, 2.05) is 0 Å². The molecule has 0 spiro atoms. The molecule has 5 nitrogen and oxygen atoms in total. The molecule has 0 radical (unpaired) electrons. The maximum Gasteiger partial charge on any atom is 0.262 e. The zero-order valence-corrected chi connectivity index (χ0v) is 20.3. The third-order valence-electron chi connectivity index (χ3n) is 5.66. The quantitative estimate of drug-likeness (QED) is 0.306. The van der Waals surface area contributed by atoms with E-state index < -0.39 is 23.9 Å². The molecule has 0 saturated heterocycles. The fourth-order valence-corrected chi connectivity index (χ4v) is 4.01. The molecule has 9 heteroatoms. The molecule has 0 aliphatic heterocycles. The van der Waals surface area contributed by atoms with Crippen LogP contribution in [0.4, 0.5) is 18.9 Å². The summed E-state index contributed by atoms with van der Waals surface area (Å²) >= 11 is 6.53. The molecule has 0 fully saturated rings. The monoisotopic (exact) mass is 500 g/mol. The van der Waals surface area contributed by atoms with Gasteiger partial charge >= 0.3 is 0 Å². The molecular formula is C26H24ClF3N4O. The Hall–Kier alpha value is -3.23. The summed E-state index contributed by atoms with van der Waals surface area (Å²) < 4.78 is 42.9. The van der Waals surface area contributed by atoms with E-state index in [-0.39, 0.29) is 22.1 Å². The zero-order chi connectivity index (χ0) is 25.5. The number of aliphatic hydroxyl groups is 1. The molecule has 0 aliphatic carbocycles. The van der Waals surface area contributed by atoms with Gasteiger partial charge in [-0.2, -0.15) is 0 Å². The third-order valence-corrected chi connectivity index (χ3v) is 6.12. The van der Waals surface area contributed by atoms with Gasteiger partial charge in [-0.15, -0.1) is 0 Å². The Labute approximate surface area is 206 Å². The fourth-order valence-electron chi connectivity index (χ4n) is 3.81. The summed E-state index contributed by atoms with van der Waals surface area (Å²) in [7, 11) is 0. The van der Waals surface area contributed by atoms with Gasteiger partial charge in [-0.3, -0.25) is 4.98 Å². The van der Waals surface area contributed by atoms with Crippen LogP contribution in [-0.2, 0) is 5.60 Å². The largest absolute Gasteiger partial charge is 0.382 e. The van der Waals surface area contributed by atoms with Crippen molar-refractivity contribution in [2.45, 2.75) is 45.8 Å². The second kappa shape index (κ2) is 9.43. The molecule has 2 aromatic carbocycles. The van der Waals surface area contributed by atoms with Crippen LogP contribution in [0.3, 0.4) is 0 Å². The van der Waals surface area contributed by atoms with E-state index in [2.05, 4.69) is 20.3 Å². The van der Waals surface area contributed by atoms with Gasteiger partial charge in [0.1, 0.15) is 17.5 Å². The highest BCUT2D eigenvalue weighted by Crippen LogP contribution is 2.38. The van der Waals surface area contributed by atoms with Crippen molar-refractivity contribution in [3.8, 4) is 11.1 Å². The normalized spacial score (nSPS) is 12.9. The highest BCUT2D eigenvalue weighted by atomic mass is 35.5. The van der Waals surface area contributed by atoms with Crippen LogP contribution in [0, 0.1) is 19.7 Å². The lowest BCUT2D eigenvalue weighted by Crippen LogP contribution is -2.21. The van der Waals surface area contributed by atoms with E-state index in [1.54, 1.807) is 58.3 Å². The van der Waals surface area contributed by atoms with Crippen LogP contribution in [-0.4, -0.2) is 26.5 Å². The number of nitrogens with zero attached hydrogens (tertiary/aromatic N) is 3. The maximum atomic E-state index is 14.5. The smallest absolute Gasteiger partial charge is 0.262 e. The number of aromatic nitrogens is 3. The second-order valence-electron chi connectivity index (χ2n) is 8.95. The number of aryl methyl sites for hydroxylation is 2. The molecule has 4 rings (SSSR count). The lowest BCUT2D eigenvalue weighted by atomic mass is 10.0. The van der Waals surface area contributed by atoms with Gasteiger partial charge in [0, 0.05) is 28.9 Å². The molecule has 0 amide bonds. The highest BCUT2D eigenvalue weighted by molar-refractivity contribution is 6.35. The van der Waals surface area contributed by atoms with Crippen molar-refractivity contribution in [3.63, 3.8) is 0 Å². The van der Waals surface area contributed by atoms with Crippen molar-refractivity contribution >= 4 is 28.2 Å². The standard InChI is InChI=1S/C26H24ClF3N4O/c1-13-5-7-19(28)17(9-13)23(24(29)30)34-22-18-10-15(6-8-20(18)33-14(2)21(22)27)16-11-31-25(32-12-16)26(3,4)35/h5-12,23-24,35H,1-4H3,(H,33,34). The lowest BCUT2D eigenvalue weighted by molar-refractivity contribution is 0.0687. The van der Waals surface area contributed by atoms with Gasteiger partial charge in [-0.05, 0) is 51.5 Å². The van der Waals surface area contributed by atoms with Gasteiger partial charge in [-0.25, -0.2) is 23.1 Å². The summed E-state index contributed by atoms with van der Waals surface area (Å²) in [6.45, 7) is 6.56. The summed E-state index contributed by atoms with van der Waals surface area (Å²) in [4.78, 5) is 12.9. The van der Waals surface area contributed by atoms with E-state index in [1.165, 1.54) is 18.2 Å². The Balaban J connectivity index is 1.83. The van der Waals surface area contributed by atoms with Crippen molar-refractivity contribution < 1.29 is 18.3 Å². The van der Waals surface area contributed by atoms with Crippen molar-refractivity contribution in [2.24, 2.45) is 0 Å². The number of hydrogen-bond acceptors (Lipinski definition) is 5. The summed E-state index contributed by atoms with van der Waals surface area (Å²) in [5, 5.41) is 13.6. The maximum absolute atomic E-state index is 14.5. The Morgan fingerprint density at radius 1 is 1.00 bits per heavy atom. The molecule has 0 aliphatic rings. The summed E-state index contributed by atoms with van der Waals surface area (Å²) in [5.74, 6) is -0.464. The molecule has 4 aromatic rings. The number of fused-ring (bicyclic) bond motifs is 1. The Bertz CT molecular complexity index is 1390. The van der Waals surface area contributed by atoms with Gasteiger partial charge in [0.15, 0.2) is 5.82 Å². The van der Waals surface area contributed by atoms with E-state index in [0.717, 1.165) is 0 Å². The van der Waals surface area contributed by atoms with Gasteiger partial charge in [0.05, 0.1) is 21.9 Å². The minimum Gasteiger partial charge on any atom is -0.382 e. The van der Waals surface area contributed by atoms with Crippen LogP contribution < -0.4 is 5.32 Å². The molecular weight excluding hydrogens is 477 g/mol. The highest BCUT2D eigenvalue weighted by Gasteiger charge is 2.28. The number of benzene rings is 2. The molecule has 0 bridgehead atoms. The molecule has 1 unspecified atom stereocenters. The van der Waals surface area contributed by atoms with Crippen LogP contribution in [0.2, 0.25) is 5.02 Å². The van der Waals surface area contributed by atoms with Crippen LogP contribution >= 0.6 is 11.6 Å². The summed E-state index contributed by atoms with van der Waals surface area (Å²) in [5.41, 5.74) is 1.88. The molecule has 35 heavy (non-hydrogen) atoms. The van der Waals surface area contributed by atoms with Crippen LogP contribution in [0.1, 0.15) is 42.5 Å². The molecule has 0 saturated carbocycles. The average Bonchev–Trinajstić information content (AvgIpc) is 2.80. The second-order valence-corrected chi connectivity index (χ2v) is 9.33. The molecule has 182 valence electrons. The number of pyridine rings is 1. The predicted molar refractivity (Wildman–Crippen MR) is 131 cm³/mol. The SMILES string of the molecule is Cc1ccc(F)c(C(Nc2c(Cl)c(C)nc3ccc(-c4cnc(C(C)(C)O)nc4)cc23)C(F)F)c1. The van der Waals surface area contributed by atoms with Crippen LogP contribution in [0.15, 0.2) is 48.8 Å². The predicted octanol–water partition coefficient (Wildman–Crippen LogP) is 6.75. The Kier molecular flexibility index (Phi) is 6.71. The average molecular weight is 501 g/mol. The molecule has 2 heterocycles. The number of anilines is 1. The molecule has 2 N–H and O–H groups in total. The number of rotatable bonds is 6. The summed E-state index contributed by atoms with van der Waals surface area (Å²) in [6.07, 6.45) is 0.237. The molecule has 2 aromatic heterocycles. The lowest BCUT2D eigenvalue weighted by Gasteiger charge is -2.23. The van der Waals surface area contributed by atoms with E-state index in [0.29, 0.717) is 33.3 Å². The van der Waals surface area contributed by atoms with Crippen molar-refractivity contribution in [1.29, 1.82) is 0 Å². The Morgan fingerprint density at radius 3 is 2.31 bits per heavy atom. The van der Waals surface area contributed by atoms with Crippen LogP contribution in [0.25, 0.3) is 22.0 Å². The van der Waals surface area contributed by atoms with Gasteiger partial charge < -0.3 is 10.4 Å². The zero-order valence-electron chi connectivity index (χ0n) is 19.6. The minimum absolute atomic E-state index is 0.148. The third kappa shape index (κ3) is 5.09. The van der Waals surface area contributed by atoms with E-state index in [9.17, 15) is 18.3 Å². The fraction of sp³-hybridized carbons (Fsp3) is 0.269. The van der Waals surface area contributed by atoms with Gasteiger partial charge in [0.2, 0.25) is 0 Å². The number of alkyl halides is 2. The Morgan fingerprint density at radius 2 is 1.69 bits per heavy atom. The van der Waals surface area contributed by atoms with Gasteiger partial charge in [-0.1, -0.05) is 35.4 Å². The van der Waals surface area contributed by atoms with Crippen molar-refractivity contribution in [2.75, 3.05) is 5.32 Å².